The van der Waals surface area contributed by atoms with Gasteiger partial charge in [-0.3, -0.25) is 5.21 Å². The van der Waals surface area contributed by atoms with E-state index in [1.807, 2.05) is 6.92 Å². The van der Waals surface area contributed by atoms with Crippen LogP contribution in [0.1, 0.15) is 24.8 Å². The summed E-state index contributed by atoms with van der Waals surface area (Å²) in [7, 11) is 1.52. The van der Waals surface area contributed by atoms with Crippen molar-refractivity contribution < 1.29 is 10.0 Å². The number of hydroxylamine groups is 2. The fraction of sp³-hybridized carbons (Fsp3) is 0.545. The van der Waals surface area contributed by atoms with E-state index in [2.05, 4.69) is 22.1 Å². The summed E-state index contributed by atoms with van der Waals surface area (Å²) in [5.74, 6) is 0.873. The van der Waals surface area contributed by atoms with Gasteiger partial charge in [0.1, 0.15) is 0 Å². The number of amides is 2. The summed E-state index contributed by atoms with van der Waals surface area (Å²) in [6, 6.07) is 1.54. The zero-order valence-corrected chi connectivity index (χ0v) is 10.2. The molecule has 1 fully saturated rings. The van der Waals surface area contributed by atoms with Gasteiger partial charge in [0.2, 0.25) is 0 Å². The second kappa shape index (κ2) is 4.43. The van der Waals surface area contributed by atoms with Crippen LogP contribution in [0, 0.1) is 5.92 Å². The quantitative estimate of drug-likeness (QED) is 0.629. The first-order chi connectivity index (χ1) is 7.65. The molecule has 1 saturated carbocycles. The van der Waals surface area contributed by atoms with E-state index in [0.29, 0.717) is 11.8 Å². The molecule has 2 rings (SSSR count). The van der Waals surface area contributed by atoms with Gasteiger partial charge >= 0.3 is 6.03 Å². The Kier molecular flexibility index (Phi) is 3.16. The van der Waals surface area contributed by atoms with Crippen LogP contribution >= 0.6 is 11.3 Å². The van der Waals surface area contributed by atoms with Crippen LogP contribution in [-0.4, -0.2) is 29.4 Å². The largest absolute Gasteiger partial charge is 0.341 e. The predicted molar refractivity (Wildman–Crippen MR) is 62.7 cm³/mol. The van der Waals surface area contributed by atoms with Gasteiger partial charge in [-0.05, 0) is 47.6 Å². The molecule has 1 aromatic rings. The van der Waals surface area contributed by atoms with Gasteiger partial charge in [0, 0.05) is 7.05 Å². The topological polar surface area (TPSA) is 52.6 Å². The normalized spacial score (nSPS) is 24.9. The number of hydrogen-bond acceptors (Lipinski definition) is 3. The van der Waals surface area contributed by atoms with E-state index in [9.17, 15) is 10.0 Å². The third-order valence-electron chi connectivity index (χ3n) is 3.24. The first-order valence-electron chi connectivity index (χ1n) is 5.37. The Labute approximate surface area is 98.8 Å². The van der Waals surface area contributed by atoms with E-state index >= 15 is 0 Å². The Balaban J connectivity index is 1.94. The van der Waals surface area contributed by atoms with E-state index in [1.54, 1.807) is 11.3 Å². The number of thiophene rings is 1. The lowest BCUT2D eigenvalue weighted by Crippen LogP contribution is -2.42. The summed E-state index contributed by atoms with van der Waals surface area (Å²) in [6.07, 6.45) is 1.05. The molecular weight excluding hydrogens is 224 g/mol. The summed E-state index contributed by atoms with van der Waals surface area (Å²) in [4.78, 5) is 11.2. The van der Waals surface area contributed by atoms with E-state index in [1.165, 1.54) is 12.6 Å². The first-order valence-corrected chi connectivity index (χ1v) is 6.31. The predicted octanol–water partition coefficient (Wildman–Crippen LogP) is 2.27. The lowest BCUT2D eigenvalue weighted by Gasteiger charge is -2.22. The number of rotatable bonds is 3. The number of urea groups is 1. The number of hydrogen-bond donors (Lipinski definition) is 2. The molecule has 2 N–H and O–H groups in total. The molecule has 5 heteroatoms. The molecule has 1 heterocycles. The maximum absolute atomic E-state index is 11.2. The van der Waals surface area contributed by atoms with Crippen LogP contribution in [0.3, 0.4) is 0 Å². The fourth-order valence-corrected chi connectivity index (χ4v) is 2.82. The van der Waals surface area contributed by atoms with Crippen LogP contribution in [0.4, 0.5) is 4.79 Å². The molecule has 2 amide bonds. The highest BCUT2D eigenvalue weighted by Gasteiger charge is 2.45. The lowest BCUT2D eigenvalue weighted by molar-refractivity contribution is -0.0787. The fourth-order valence-electron chi connectivity index (χ4n) is 2.10. The molecule has 0 aromatic carbocycles. The Morgan fingerprint density at radius 1 is 1.75 bits per heavy atom. The second-order valence-corrected chi connectivity index (χ2v) is 4.98. The van der Waals surface area contributed by atoms with E-state index < -0.39 is 6.03 Å². The molecule has 1 aliphatic carbocycles. The minimum absolute atomic E-state index is 0.134. The summed E-state index contributed by atoms with van der Waals surface area (Å²) in [5, 5.41) is 17.1. The van der Waals surface area contributed by atoms with Crippen molar-refractivity contribution in [3.8, 4) is 0 Å². The standard InChI is InChI=1S/C11H16N2O2S/c1-7(13(15)11(14)12-2)9-5-10(9)8-3-4-16-6-8/h3-4,6-7,9-10,15H,5H2,1-2H3,(H,12,14). The van der Waals surface area contributed by atoms with Gasteiger partial charge in [-0.15, -0.1) is 0 Å². The van der Waals surface area contributed by atoms with Crippen LogP contribution in [0.25, 0.3) is 0 Å². The molecule has 88 valence electrons. The van der Waals surface area contributed by atoms with Crippen molar-refractivity contribution in [1.29, 1.82) is 0 Å². The van der Waals surface area contributed by atoms with Crippen molar-refractivity contribution in [2.75, 3.05) is 7.05 Å². The number of nitrogens with zero attached hydrogens (tertiary/aromatic N) is 1. The highest BCUT2D eigenvalue weighted by Crippen LogP contribution is 2.50. The molecule has 0 aliphatic heterocycles. The maximum atomic E-state index is 11.2. The van der Waals surface area contributed by atoms with Crippen molar-refractivity contribution in [2.24, 2.45) is 5.92 Å². The van der Waals surface area contributed by atoms with Crippen LogP contribution in [-0.2, 0) is 0 Å². The molecule has 0 saturated heterocycles. The third-order valence-corrected chi connectivity index (χ3v) is 3.94. The summed E-state index contributed by atoms with van der Waals surface area (Å²) in [5.41, 5.74) is 1.33. The molecule has 0 spiro atoms. The highest BCUT2D eigenvalue weighted by molar-refractivity contribution is 7.08. The summed E-state index contributed by atoms with van der Waals surface area (Å²) < 4.78 is 0. The van der Waals surface area contributed by atoms with E-state index in [-0.39, 0.29) is 6.04 Å². The van der Waals surface area contributed by atoms with E-state index in [0.717, 1.165) is 11.5 Å². The highest BCUT2D eigenvalue weighted by atomic mass is 32.1. The monoisotopic (exact) mass is 240 g/mol. The smallest absolute Gasteiger partial charge is 0.339 e. The summed E-state index contributed by atoms with van der Waals surface area (Å²) in [6.45, 7) is 1.88. The SMILES string of the molecule is CNC(=O)N(O)C(C)C1CC1c1ccsc1. The zero-order chi connectivity index (χ0) is 11.7. The first kappa shape index (κ1) is 11.4. The van der Waals surface area contributed by atoms with Gasteiger partial charge in [0.05, 0.1) is 6.04 Å². The average molecular weight is 240 g/mol. The Morgan fingerprint density at radius 3 is 3.06 bits per heavy atom. The van der Waals surface area contributed by atoms with Crippen molar-refractivity contribution in [3.05, 3.63) is 22.4 Å². The maximum Gasteiger partial charge on any atom is 0.341 e. The van der Waals surface area contributed by atoms with Crippen LogP contribution in [0.15, 0.2) is 16.8 Å². The number of carbonyl (C=O) groups is 1. The summed E-state index contributed by atoms with van der Waals surface area (Å²) >= 11 is 1.69. The molecule has 3 atom stereocenters. The molecule has 0 bridgehead atoms. The van der Waals surface area contributed by atoms with Crippen molar-refractivity contribution in [2.45, 2.75) is 25.3 Å². The Bertz CT molecular complexity index is 366. The average Bonchev–Trinajstić information content (AvgIpc) is 2.92. The Morgan fingerprint density at radius 2 is 2.50 bits per heavy atom. The van der Waals surface area contributed by atoms with Gasteiger partial charge in [-0.25, -0.2) is 9.86 Å². The van der Waals surface area contributed by atoms with Gasteiger partial charge in [0.25, 0.3) is 0 Å². The Hall–Kier alpha value is -1.07. The minimum atomic E-state index is -0.441. The molecule has 16 heavy (non-hydrogen) atoms. The van der Waals surface area contributed by atoms with Crippen LogP contribution in [0.5, 0.6) is 0 Å². The van der Waals surface area contributed by atoms with Crippen molar-refractivity contribution >= 4 is 17.4 Å². The number of nitrogens with one attached hydrogen (secondary N) is 1. The van der Waals surface area contributed by atoms with Gasteiger partial charge in [0.15, 0.2) is 0 Å². The van der Waals surface area contributed by atoms with Crippen LogP contribution in [0.2, 0.25) is 0 Å². The van der Waals surface area contributed by atoms with E-state index in [4.69, 9.17) is 0 Å². The molecule has 0 radical (unpaired) electrons. The van der Waals surface area contributed by atoms with Crippen LogP contribution < -0.4 is 5.32 Å². The lowest BCUT2D eigenvalue weighted by atomic mass is 10.1. The molecule has 3 unspecified atom stereocenters. The molecular formula is C11H16N2O2S. The van der Waals surface area contributed by atoms with Gasteiger partial charge in [-0.2, -0.15) is 11.3 Å². The second-order valence-electron chi connectivity index (χ2n) is 4.20. The molecule has 1 aliphatic rings. The molecule has 1 aromatic heterocycles. The third kappa shape index (κ3) is 2.05. The number of carbonyl (C=O) groups excluding carboxylic acids is 1. The van der Waals surface area contributed by atoms with Crippen molar-refractivity contribution in [1.82, 2.24) is 10.4 Å². The zero-order valence-electron chi connectivity index (χ0n) is 9.38. The van der Waals surface area contributed by atoms with Gasteiger partial charge in [-0.1, -0.05) is 0 Å². The minimum Gasteiger partial charge on any atom is -0.339 e. The molecule has 4 nitrogen and oxygen atoms in total. The van der Waals surface area contributed by atoms with Crippen molar-refractivity contribution in [3.63, 3.8) is 0 Å². The van der Waals surface area contributed by atoms with Gasteiger partial charge < -0.3 is 5.32 Å².